The number of ether oxygens (including phenoxy) is 1. The molecule has 0 saturated carbocycles. The first kappa shape index (κ1) is 18.0. The maximum Gasteiger partial charge on any atom is 0.0576 e. The Hall–Kier alpha value is -0.0800. The highest BCUT2D eigenvalue weighted by Gasteiger charge is 2.15. The highest BCUT2D eigenvalue weighted by molar-refractivity contribution is 4.66. The Morgan fingerprint density at radius 3 is 2.30 bits per heavy atom. The Morgan fingerprint density at radius 1 is 0.950 bits per heavy atom. The minimum absolute atomic E-state index is 0.0967. The number of aliphatic hydroxyl groups is 1. The van der Waals surface area contributed by atoms with Crippen LogP contribution in [-0.2, 0) is 4.74 Å². The molecule has 0 aliphatic carbocycles. The molecule has 1 fully saturated rings. The predicted molar refractivity (Wildman–Crippen MR) is 86.1 cm³/mol. The van der Waals surface area contributed by atoms with Gasteiger partial charge < -0.3 is 9.84 Å². The SMILES string of the molecule is CCCCCCCCCCC(O)CCC1CCCCO1. The van der Waals surface area contributed by atoms with Crippen LogP contribution in [0.15, 0.2) is 0 Å². The second kappa shape index (κ2) is 12.6. The zero-order valence-electron chi connectivity index (χ0n) is 13.6. The molecule has 0 bridgehead atoms. The maximum absolute atomic E-state index is 10.00. The molecule has 1 aliphatic heterocycles. The van der Waals surface area contributed by atoms with E-state index < -0.39 is 0 Å². The van der Waals surface area contributed by atoms with Gasteiger partial charge in [-0.1, -0.05) is 58.3 Å². The zero-order chi connectivity index (χ0) is 14.5. The standard InChI is InChI=1S/C18H36O2/c1-2-3-4-5-6-7-8-9-12-17(19)14-15-18-13-10-11-16-20-18/h17-19H,2-16H2,1H3. The van der Waals surface area contributed by atoms with Gasteiger partial charge in [-0.05, 0) is 38.5 Å². The van der Waals surface area contributed by atoms with Crippen LogP contribution in [0.25, 0.3) is 0 Å². The third-order valence-corrected chi connectivity index (χ3v) is 4.49. The highest BCUT2D eigenvalue weighted by atomic mass is 16.5. The van der Waals surface area contributed by atoms with Crippen molar-refractivity contribution in [1.82, 2.24) is 0 Å². The molecule has 0 aromatic carbocycles. The minimum atomic E-state index is -0.0967. The summed E-state index contributed by atoms with van der Waals surface area (Å²) in [4.78, 5) is 0. The van der Waals surface area contributed by atoms with E-state index in [4.69, 9.17) is 4.74 Å². The van der Waals surface area contributed by atoms with Gasteiger partial charge in [0.15, 0.2) is 0 Å². The van der Waals surface area contributed by atoms with Crippen molar-refractivity contribution in [2.75, 3.05) is 6.61 Å². The molecular formula is C18H36O2. The van der Waals surface area contributed by atoms with E-state index in [1.807, 2.05) is 0 Å². The molecule has 1 rings (SSSR count). The largest absolute Gasteiger partial charge is 0.393 e. The van der Waals surface area contributed by atoms with Gasteiger partial charge in [-0.25, -0.2) is 0 Å². The monoisotopic (exact) mass is 284 g/mol. The minimum Gasteiger partial charge on any atom is -0.393 e. The van der Waals surface area contributed by atoms with Crippen LogP contribution in [0.1, 0.15) is 96.8 Å². The fraction of sp³-hybridized carbons (Fsp3) is 1.00. The lowest BCUT2D eigenvalue weighted by molar-refractivity contribution is 0.00158. The van der Waals surface area contributed by atoms with Crippen molar-refractivity contribution in [2.45, 2.75) is 109 Å². The summed E-state index contributed by atoms with van der Waals surface area (Å²) in [6.07, 6.45) is 17.8. The number of hydrogen-bond acceptors (Lipinski definition) is 2. The zero-order valence-corrected chi connectivity index (χ0v) is 13.6. The van der Waals surface area contributed by atoms with Crippen molar-refractivity contribution in [3.8, 4) is 0 Å². The first-order chi connectivity index (χ1) is 9.83. The van der Waals surface area contributed by atoms with Crippen molar-refractivity contribution in [3.63, 3.8) is 0 Å². The van der Waals surface area contributed by atoms with Gasteiger partial charge in [-0.15, -0.1) is 0 Å². The summed E-state index contributed by atoms with van der Waals surface area (Å²) < 4.78 is 5.71. The fourth-order valence-corrected chi connectivity index (χ4v) is 3.07. The first-order valence-corrected chi connectivity index (χ1v) is 9.12. The van der Waals surface area contributed by atoms with Gasteiger partial charge in [0.2, 0.25) is 0 Å². The van der Waals surface area contributed by atoms with E-state index in [9.17, 15) is 5.11 Å². The van der Waals surface area contributed by atoms with Crippen molar-refractivity contribution in [2.24, 2.45) is 0 Å². The third kappa shape index (κ3) is 9.77. The summed E-state index contributed by atoms with van der Waals surface area (Å²) in [5, 5.41) is 10.00. The molecule has 2 unspecified atom stereocenters. The number of hydrogen-bond donors (Lipinski definition) is 1. The number of aliphatic hydroxyl groups excluding tert-OH is 1. The van der Waals surface area contributed by atoms with E-state index in [1.165, 1.54) is 70.6 Å². The van der Waals surface area contributed by atoms with Crippen LogP contribution in [0.5, 0.6) is 0 Å². The second-order valence-electron chi connectivity index (χ2n) is 6.48. The van der Waals surface area contributed by atoms with Crippen LogP contribution in [0.3, 0.4) is 0 Å². The van der Waals surface area contributed by atoms with Crippen molar-refractivity contribution in [3.05, 3.63) is 0 Å². The molecule has 2 heteroatoms. The molecule has 0 radical (unpaired) electrons. The van der Waals surface area contributed by atoms with Crippen LogP contribution in [0, 0.1) is 0 Å². The van der Waals surface area contributed by atoms with E-state index >= 15 is 0 Å². The van der Waals surface area contributed by atoms with Gasteiger partial charge in [0.25, 0.3) is 0 Å². The Bertz CT molecular complexity index is 200. The molecular weight excluding hydrogens is 248 g/mol. The Kier molecular flexibility index (Phi) is 11.4. The molecule has 1 saturated heterocycles. The van der Waals surface area contributed by atoms with Gasteiger partial charge in [0.05, 0.1) is 12.2 Å². The van der Waals surface area contributed by atoms with Crippen LogP contribution >= 0.6 is 0 Å². The number of unbranched alkanes of at least 4 members (excludes halogenated alkanes) is 7. The summed E-state index contributed by atoms with van der Waals surface area (Å²) in [5.74, 6) is 0. The van der Waals surface area contributed by atoms with E-state index in [1.54, 1.807) is 0 Å². The first-order valence-electron chi connectivity index (χ1n) is 9.12. The lowest BCUT2D eigenvalue weighted by Crippen LogP contribution is -2.21. The Labute approximate surface area is 126 Å². The lowest BCUT2D eigenvalue weighted by Gasteiger charge is -2.23. The molecule has 0 aromatic rings. The fourth-order valence-electron chi connectivity index (χ4n) is 3.07. The molecule has 0 spiro atoms. The molecule has 1 heterocycles. The van der Waals surface area contributed by atoms with Crippen LogP contribution in [-0.4, -0.2) is 23.9 Å². The van der Waals surface area contributed by atoms with E-state index in [-0.39, 0.29) is 6.10 Å². The molecule has 1 aliphatic rings. The molecule has 0 amide bonds. The molecule has 2 nitrogen and oxygen atoms in total. The normalized spacial score (nSPS) is 21.0. The van der Waals surface area contributed by atoms with Gasteiger partial charge in [0.1, 0.15) is 0 Å². The van der Waals surface area contributed by atoms with Crippen molar-refractivity contribution in [1.29, 1.82) is 0 Å². The summed E-state index contributed by atoms with van der Waals surface area (Å²) in [5.41, 5.74) is 0. The molecule has 1 N–H and O–H groups in total. The smallest absolute Gasteiger partial charge is 0.0576 e. The average Bonchev–Trinajstić information content (AvgIpc) is 2.49. The summed E-state index contributed by atoms with van der Waals surface area (Å²) >= 11 is 0. The number of rotatable bonds is 12. The average molecular weight is 284 g/mol. The molecule has 120 valence electrons. The van der Waals surface area contributed by atoms with Gasteiger partial charge in [0, 0.05) is 6.61 Å². The summed E-state index contributed by atoms with van der Waals surface area (Å²) in [6.45, 7) is 3.19. The van der Waals surface area contributed by atoms with Gasteiger partial charge >= 0.3 is 0 Å². The van der Waals surface area contributed by atoms with Crippen molar-refractivity contribution < 1.29 is 9.84 Å². The van der Waals surface area contributed by atoms with Crippen LogP contribution in [0.2, 0.25) is 0 Å². The molecule has 0 aromatic heterocycles. The van der Waals surface area contributed by atoms with Gasteiger partial charge in [-0.2, -0.15) is 0 Å². The Morgan fingerprint density at radius 2 is 1.65 bits per heavy atom. The topological polar surface area (TPSA) is 29.5 Å². The maximum atomic E-state index is 10.00. The highest BCUT2D eigenvalue weighted by Crippen LogP contribution is 2.19. The van der Waals surface area contributed by atoms with E-state index in [0.29, 0.717) is 6.10 Å². The quantitative estimate of drug-likeness (QED) is 0.497. The molecule has 2 atom stereocenters. The van der Waals surface area contributed by atoms with Crippen LogP contribution in [0.4, 0.5) is 0 Å². The molecule has 20 heavy (non-hydrogen) atoms. The lowest BCUT2D eigenvalue weighted by atomic mass is 9.99. The predicted octanol–water partition coefficient (Wildman–Crippen LogP) is 5.23. The Balaban J connectivity index is 1.83. The third-order valence-electron chi connectivity index (χ3n) is 4.49. The van der Waals surface area contributed by atoms with Crippen molar-refractivity contribution >= 4 is 0 Å². The van der Waals surface area contributed by atoms with Crippen LogP contribution < -0.4 is 0 Å². The summed E-state index contributed by atoms with van der Waals surface area (Å²) in [6, 6.07) is 0. The second-order valence-corrected chi connectivity index (χ2v) is 6.48. The summed E-state index contributed by atoms with van der Waals surface area (Å²) in [7, 11) is 0. The van der Waals surface area contributed by atoms with Gasteiger partial charge in [-0.3, -0.25) is 0 Å². The van der Waals surface area contributed by atoms with E-state index in [2.05, 4.69) is 6.92 Å². The van der Waals surface area contributed by atoms with E-state index in [0.717, 1.165) is 25.9 Å².